The molecule has 0 saturated carbocycles. The minimum Gasteiger partial charge on any atom is -0.380 e. The van der Waals surface area contributed by atoms with Crippen LogP contribution in [0.15, 0.2) is 30.3 Å². The van der Waals surface area contributed by atoms with Crippen molar-refractivity contribution in [2.75, 3.05) is 0 Å². The molecule has 0 saturated heterocycles. The first-order valence-corrected chi connectivity index (χ1v) is 4.22. The number of hydroxylamine groups is 1. The molecule has 1 amide bonds. The van der Waals surface area contributed by atoms with Crippen LogP contribution < -0.4 is 10.3 Å². The second-order valence-electron chi connectivity index (χ2n) is 3.04. The Morgan fingerprint density at radius 3 is 2.46 bits per heavy atom. The van der Waals surface area contributed by atoms with E-state index in [0.717, 1.165) is 0 Å². The first kappa shape index (κ1) is 9.58. The Morgan fingerprint density at radius 2 is 1.92 bits per heavy atom. The van der Waals surface area contributed by atoms with Crippen LogP contribution in [0.4, 0.5) is 0 Å². The highest BCUT2D eigenvalue weighted by atomic mass is 16.7. The van der Waals surface area contributed by atoms with E-state index in [1.165, 1.54) is 0 Å². The molecule has 1 aromatic rings. The standard InChI is InChI=1S/C10H13NO2/c1-8(2)10(12)11-13-9-6-4-3-5-7-9/h3-8H,1-2H3,(H,11,12). The quantitative estimate of drug-likeness (QED) is 0.718. The molecule has 70 valence electrons. The average Bonchev–Trinajstić information content (AvgIpc) is 2.15. The van der Waals surface area contributed by atoms with E-state index in [-0.39, 0.29) is 11.8 Å². The number of rotatable bonds is 3. The van der Waals surface area contributed by atoms with Crippen LogP contribution >= 0.6 is 0 Å². The van der Waals surface area contributed by atoms with Gasteiger partial charge in [0.05, 0.1) is 0 Å². The molecule has 0 fully saturated rings. The average molecular weight is 179 g/mol. The highest BCUT2D eigenvalue weighted by Gasteiger charge is 2.05. The summed E-state index contributed by atoms with van der Waals surface area (Å²) >= 11 is 0. The summed E-state index contributed by atoms with van der Waals surface area (Å²) in [5.74, 6) is 0.448. The van der Waals surface area contributed by atoms with E-state index in [4.69, 9.17) is 4.84 Å². The van der Waals surface area contributed by atoms with Crippen molar-refractivity contribution in [1.29, 1.82) is 0 Å². The van der Waals surface area contributed by atoms with Gasteiger partial charge in [-0.2, -0.15) is 5.48 Å². The lowest BCUT2D eigenvalue weighted by atomic mass is 10.2. The van der Waals surface area contributed by atoms with Crippen molar-refractivity contribution in [3.8, 4) is 5.75 Å². The number of carbonyl (C=O) groups excluding carboxylic acids is 1. The van der Waals surface area contributed by atoms with Gasteiger partial charge in [0.15, 0.2) is 5.75 Å². The van der Waals surface area contributed by atoms with E-state index >= 15 is 0 Å². The maximum absolute atomic E-state index is 11.1. The van der Waals surface area contributed by atoms with Crippen molar-refractivity contribution < 1.29 is 9.63 Å². The monoisotopic (exact) mass is 179 g/mol. The first-order valence-electron chi connectivity index (χ1n) is 4.22. The fourth-order valence-corrected chi connectivity index (χ4v) is 0.716. The van der Waals surface area contributed by atoms with E-state index in [0.29, 0.717) is 5.75 Å². The van der Waals surface area contributed by atoms with Gasteiger partial charge in [-0.05, 0) is 12.1 Å². The Labute approximate surface area is 77.7 Å². The summed E-state index contributed by atoms with van der Waals surface area (Å²) in [7, 11) is 0. The van der Waals surface area contributed by atoms with Crippen LogP contribution in [-0.4, -0.2) is 5.91 Å². The maximum atomic E-state index is 11.1. The maximum Gasteiger partial charge on any atom is 0.255 e. The molecule has 3 nitrogen and oxygen atoms in total. The van der Waals surface area contributed by atoms with Crippen LogP contribution in [0.1, 0.15) is 13.8 Å². The van der Waals surface area contributed by atoms with E-state index in [1.807, 2.05) is 32.0 Å². The molecule has 0 aliphatic rings. The van der Waals surface area contributed by atoms with Crippen LogP contribution in [0.2, 0.25) is 0 Å². The smallest absolute Gasteiger partial charge is 0.255 e. The molecule has 0 bridgehead atoms. The van der Waals surface area contributed by atoms with Crippen LogP contribution in [-0.2, 0) is 4.79 Å². The van der Waals surface area contributed by atoms with Gasteiger partial charge < -0.3 is 4.84 Å². The Kier molecular flexibility index (Phi) is 3.31. The molecule has 0 unspecified atom stereocenters. The molecule has 0 aromatic heterocycles. The van der Waals surface area contributed by atoms with Crippen LogP contribution in [0, 0.1) is 5.92 Å². The second-order valence-corrected chi connectivity index (χ2v) is 3.04. The number of nitrogens with one attached hydrogen (secondary N) is 1. The van der Waals surface area contributed by atoms with Crippen molar-refractivity contribution in [3.63, 3.8) is 0 Å². The van der Waals surface area contributed by atoms with Gasteiger partial charge in [-0.3, -0.25) is 4.79 Å². The summed E-state index contributed by atoms with van der Waals surface area (Å²) in [4.78, 5) is 16.1. The van der Waals surface area contributed by atoms with E-state index in [1.54, 1.807) is 12.1 Å². The van der Waals surface area contributed by atoms with Gasteiger partial charge >= 0.3 is 0 Å². The largest absolute Gasteiger partial charge is 0.380 e. The molecule has 1 aromatic carbocycles. The van der Waals surface area contributed by atoms with Crippen LogP contribution in [0.3, 0.4) is 0 Å². The second kappa shape index (κ2) is 4.50. The Hall–Kier alpha value is -1.51. The van der Waals surface area contributed by atoms with Crippen LogP contribution in [0.5, 0.6) is 5.75 Å². The zero-order valence-electron chi connectivity index (χ0n) is 7.78. The third kappa shape index (κ3) is 3.15. The van der Waals surface area contributed by atoms with Gasteiger partial charge in [0.25, 0.3) is 5.91 Å². The summed E-state index contributed by atoms with van der Waals surface area (Å²) < 4.78 is 0. The van der Waals surface area contributed by atoms with Gasteiger partial charge in [-0.1, -0.05) is 32.0 Å². The van der Waals surface area contributed by atoms with Crippen LogP contribution in [0.25, 0.3) is 0 Å². The number of hydrogen-bond acceptors (Lipinski definition) is 2. The highest BCUT2D eigenvalue weighted by Crippen LogP contribution is 2.06. The van der Waals surface area contributed by atoms with E-state index in [2.05, 4.69) is 5.48 Å². The zero-order chi connectivity index (χ0) is 9.68. The lowest BCUT2D eigenvalue weighted by Gasteiger charge is -2.08. The van der Waals surface area contributed by atoms with Gasteiger partial charge in [0.2, 0.25) is 0 Å². The normalized spacial score (nSPS) is 9.77. The summed E-state index contributed by atoms with van der Waals surface area (Å²) in [6.45, 7) is 3.62. The topological polar surface area (TPSA) is 38.3 Å². The first-order chi connectivity index (χ1) is 6.20. The summed E-state index contributed by atoms with van der Waals surface area (Å²) in [5.41, 5.74) is 2.36. The summed E-state index contributed by atoms with van der Waals surface area (Å²) in [5, 5.41) is 0. The SMILES string of the molecule is CC(C)C(=O)NOc1ccccc1. The fraction of sp³-hybridized carbons (Fsp3) is 0.300. The third-order valence-electron chi connectivity index (χ3n) is 1.54. The summed E-state index contributed by atoms with van der Waals surface area (Å²) in [6, 6.07) is 9.13. The molecule has 1 rings (SSSR count). The van der Waals surface area contributed by atoms with Crippen molar-refractivity contribution in [2.24, 2.45) is 5.92 Å². The van der Waals surface area contributed by atoms with Crippen molar-refractivity contribution in [1.82, 2.24) is 5.48 Å². The number of benzene rings is 1. The molecule has 0 heterocycles. The van der Waals surface area contributed by atoms with Gasteiger partial charge in [-0.25, -0.2) is 0 Å². The Bertz CT molecular complexity index is 270. The molecule has 13 heavy (non-hydrogen) atoms. The molecule has 0 spiro atoms. The zero-order valence-corrected chi connectivity index (χ0v) is 7.78. The molecular weight excluding hydrogens is 166 g/mol. The number of carbonyl (C=O) groups is 1. The molecule has 0 radical (unpaired) electrons. The van der Waals surface area contributed by atoms with E-state index in [9.17, 15) is 4.79 Å². The predicted molar refractivity (Wildman–Crippen MR) is 50.1 cm³/mol. The number of hydrogen-bond donors (Lipinski definition) is 1. The summed E-state index contributed by atoms with van der Waals surface area (Å²) in [6.07, 6.45) is 0. The van der Waals surface area contributed by atoms with Crippen molar-refractivity contribution in [3.05, 3.63) is 30.3 Å². The number of para-hydroxylation sites is 1. The number of amides is 1. The molecule has 0 aliphatic carbocycles. The Balaban J connectivity index is 2.40. The minimum absolute atomic E-state index is 0.0660. The molecular formula is C10H13NO2. The third-order valence-corrected chi connectivity index (χ3v) is 1.54. The lowest BCUT2D eigenvalue weighted by molar-refractivity contribution is -0.130. The van der Waals surface area contributed by atoms with Gasteiger partial charge in [0, 0.05) is 5.92 Å². The molecule has 1 N–H and O–H groups in total. The lowest BCUT2D eigenvalue weighted by Crippen LogP contribution is -2.30. The predicted octanol–water partition coefficient (Wildman–Crippen LogP) is 1.75. The molecule has 0 atom stereocenters. The minimum atomic E-state index is -0.121. The van der Waals surface area contributed by atoms with Crippen molar-refractivity contribution >= 4 is 5.91 Å². The fourth-order valence-electron chi connectivity index (χ4n) is 0.716. The van der Waals surface area contributed by atoms with E-state index < -0.39 is 0 Å². The van der Waals surface area contributed by atoms with Crippen molar-refractivity contribution in [2.45, 2.75) is 13.8 Å². The van der Waals surface area contributed by atoms with Gasteiger partial charge in [0.1, 0.15) is 0 Å². The van der Waals surface area contributed by atoms with Gasteiger partial charge in [-0.15, -0.1) is 0 Å². The molecule has 3 heteroatoms. The Morgan fingerprint density at radius 1 is 1.31 bits per heavy atom. The molecule has 0 aliphatic heterocycles. The highest BCUT2D eigenvalue weighted by molar-refractivity contribution is 5.76.